The predicted molar refractivity (Wildman–Crippen MR) is 61.4 cm³/mol. The smallest absolute Gasteiger partial charge is 0.185 e. The van der Waals surface area contributed by atoms with E-state index in [1.807, 2.05) is 6.07 Å². The van der Waals surface area contributed by atoms with Gasteiger partial charge in [-0.1, -0.05) is 22.9 Å². The number of nitrogens with zero attached hydrogens (tertiary/aromatic N) is 2. The SMILES string of the molecule is N#Cc1sc(NCCNC2CC2)nc1Cl. The highest BCUT2D eigenvalue weighted by atomic mass is 35.5. The first-order valence-corrected chi connectivity index (χ1v) is 6.02. The van der Waals surface area contributed by atoms with Gasteiger partial charge in [0.2, 0.25) is 0 Å². The summed E-state index contributed by atoms with van der Waals surface area (Å²) in [6.07, 6.45) is 2.59. The van der Waals surface area contributed by atoms with Crippen LogP contribution < -0.4 is 10.6 Å². The number of nitrogens with one attached hydrogen (secondary N) is 2. The van der Waals surface area contributed by atoms with Crippen molar-refractivity contribution >= 4 is 28.1 Å². The van der Waals surface area contributed by atoms with Crippen molar-refractivity contribution in [1.82, 2.24) is 10.3 Å². The highest BCUT2D eigenvalue weighted by Crippen LogP contribution is 2.25. The van der Waals surface area contributed by atoms with Crippen molar-refractivity contribution < 1.29 is 0 Å². The van der Waals surface area contributed by atoms with Gasteiger partial charge in [0.15, 0.2) is 10.3 Å². The van der Waals surface area contributed by atoms with Crippen LogP contribution >= 0.6 is 22.9 Å². The van der Waals surface area contributed by atoms with E-state index in [-0.39, 0.29) is 0 Å². The lowest BCUT2D eigenvalue weighted by Gasteiger charge is -2.02. The van der Waals surface area contributed by atoms with Gasteiger partial charge >= 0.3 is 0 Å². The van der Waals surface area contributed by atoms with Gasteiger partial charge in [-0.3, -0.25) is 0 Å². The van der Waals surface area contributed by atoms with Crippen molar-refractivity contribution in [2.45, 2.75) is 18.9 Å². The fraction of sp³-hybridized carbons (Fsp3) is 0.556. The second-order valence-electron chi connectivity index (χ2n) is 3.41. The third kappa shape index (κ3) is 3.06. The molecule has 15 heavy (non-hydrogen) atoms. The van der Waals surface area contributed by atoms with E-state index >= 15 is 0 Å². The molecule has 1 aromatic heterocycles. The molecular formula is C9H11ClN4S. The topological polar surface area (TPSA) is 60.7 Å². The van der Waals surface area contributed by atoms with E-state index < -0.39 is 0 Å². The van der Waals surface area contributed by atoms with E-state index in [1.54, 1.807) is 0 Å². The minimum atomic E-state index is 0.292. The zero-order valence-electron chi connectivity index (χ0n) is 8.09. The molecule has 0 bridgehead atoms. The number of rotatable bonds is 5. The van der Waals surface area contributed by atoms with Crippen LogP contribution in [0.4, 0.5) is 5.13 Å². The molecule has 2 N–H and O–H groups in total. The molecule has 1 aliphatic carbocycles. The van der Waals surface area contributed by atoms with Gasteiger partial charge in [0.25, 0.3) is 0 Å². The molecule has 1 saturated carbocycles. The van der Waals surface area contributed by atoms with Crippen molar-refractivity contribution in [2.75, 3.05) is 18.4 Å². The second kappa shape index (κ2) is 4.79. The molecule has 0 aromatic carbocycles. The molecule has 1 fully saturated rings. The molecule has 0 saturated heterocycles. The maximum absolute atomic E-state index is 8.68. The Bertz CT molecular complexity index is 380. The summed E-state index contributed by atoms with van der Waals surface area (Å²) in [6, 6.07) is 2.73. The standard InChI is InChI=1S/C9H11ClN4S/c10-8-7(5-11)15-9(14-8)13-4-3-12-6-1-2-6/h6,12H,1-4H2,(H,13,14). The van der Waals surface area contributed by atoms with Crippen molar-refractivity contribution in [2.24, 2.45) is 0 Å². The maximum atomic E-state index is 8.68. The lowest BCUT2D eigenvalue weighted by molar-refractivity contribution is 0.701. The third-order valence-corrected chi connectivity index (χ3v) is 3.40. The van der Waals surface area contributed by atoms with E-state index in [1.165, 1.54) is 24.2 Å². The summed E-state index contributed by atoms with van der Waals surface area (Å²) >= 11 is 7.03. The van der Waals surface area contributed by atoms with E-state index in [9.17, 15) is 0 Å². The molecule has 0 atom stereocenters. The molecule has 0 unspecified atom stereocenters. The van der Waals surface area contributed by atoms with Gasteiger partial charge in [-0.05, 0) is 12.8 Å². The summed E-state index contributed by atoms with van der Waals surface area (Å²) in [7, 11) is 0. The van der Waals surface area contributed by atoms with Crippen LogP contribution in [0.1, 0.15) is 17.7 Å². The van der Waals surface area contributed by atoms with Crippen LogP contribution in [0.15, 0.2) is 0 Å². The molecule has 1 heterocycles. The van der Waals surface area contributed by atoms with Gasteiger partial charge in [-0.15, -0.1) is 0 Å². The fourth-order valence-electron chi connectivity index (χ4n) is 1.18. The van der Waals surface area contributed by atoms with Gasteiger partial charge in [0, 0.05) is 19.1 Å². The minimum absolute atomic E-state index is 0.292. The van der Waals surface area contributed by atoms with Crippen LogP contribution in [-0.2, 0) is 0 Å². The Kier molecular flexibility index (Phi) is 3.41. The Morgan fingerprint density at radius 1 is 1.53 bits per heavy atom. The summed E-state index contributed by atoms with van der Waals surface area (Å²) < 4.78 is 0. The predicted octanol–water partition coefficient (Wildman–Crippen LogP) is 1.83. The molecular weight excluding hydrogens is 232 g/mol. The highest BCUT2D eigenvalue weighted by molar-refractivity contribution is 7.16. The van der Waals surface area contributed by atoms with Crippen molar-refractivity contribution in [3.63, 3.8) is 0 Å². The number of nitriles is 1. The fourth-order valence-corrected chi connectivity index (χ4v) is 2.15. The molecule has 0 spiro atoms. The van der Waals surface area contributed by atoms with Crippen molar-refractivity contribution in [3.05, 3.63) is 10.0 Å². The van der Waals surface area contributed by atoms with Gasteiger partial charge in [-0.25, -0.2) is 4.98 Å². The Hall–Kier alpha value is -0.830. The molecule has 0 radical (unpaired) electrons. The lowest BCUT2D eigenvalue weighted by atomic mass is 10.6. The lowest BCUT2D eigenvalue weighted by Crippen LogP contribution is -2.23. The molecule has 1 aromatic rings. The molecule has 0 aliphatic heterocycles. The van der Waals surface area contributed by atoms with Gasteiger partial charge in [0.1, 0.15) is 10.9 Å². The van der Waals surface area contributed by atoms with E-state index in [2.05, 4.69) is 15.6 Å². The van der Waals surface area contributed by atoms with Crippen molar-refractivity contribution in [1.29, 1.82) is 5.26 Å². The second-order valence-corrected chi connectivity index (χ2v) is 4.76. The van der Waals surface area contributed by atoms with Gasteiger partial charge < -0.3 is 10.6 Å². The van der Waals surface area contributed by atoms with Gasteiger partial charge in [0.05, 0.1) is 0 Å². The Morgan fingerprint density at radius 3 is 2.93 bits per heavy atom. The van der Waals surface area contributed by atoms with Crippen LogP contribution in [0.25, 0.3) is 0 Å². The summed E-state index contributed by atoms with van der Waals surface area (Å²) in [5.74, 6) is 0. The zero-order chi connectivity index (χ0) is 10.7. The number of halogens is 1. The van der Waals surface area contributed by atoms with Crippen LogP contribution in [0, 0.1) is 11.3 Å². The summed E-state index contributed by atoms with van der Waals surface area (Å²) in [5.41, 5.74) is 0. The van der Waals surface area contributed by atoms with E-state index in [4.69, 9.17) is 16.9 Å². The number of hydrogen-bond donors (Lipinski definition) is 2. The van der Waals surface area contributed by atoms with Crippen LogP contribution in [0.2, 0.25) is 5.15 Å². The van der Waals surface area contributed by atoms with Crippen molar-refractivity contribution in [3.8, 4) is 6.07 Å². The summed E-state index contributed by atoms with van der Waals surface area (Å²) in [4.78, 5) is 4.50. The number of hydrogen-bond acceptors (Lipinski definition) is 5. The third-order valence-electron chi connectivity index (χ3n) is 2.10. The average molecular weight is 243 g/mol. The molecule has 6 heteroatoms. The molecule has 0 amide bonds. The Morgan fingerprint density at radius 2 is 2.33 bits per heavy atom. The average Bonchev–Trinajstić information content (AvgIpc) is 2.97. The highest BCUT2D eigenvalue weighted by Gasteiger charge is 2.19. The molecule has 4 nitrogen and oxygen atoms in total. The van der Waals surface area contributed by atoms with E-state index in [0.717, 1.165) is 19.1 Å². The quantitative estimate of drug-likeness (QED) is 0.774. The normalized spacial score (nSPS) is 14.9. The molecule has 80 valence electrons. The summed E-state index contributed by atoms with van der Waals surface area (Å²) in [5, 5.41) is 16.2. The van der Waals surface area contributed by atoms with Crippen LogP contribution in [0.3, 0.4) is 0 Å². The first kappa shape index (κ1) is 10.7. The van der Waals surface area contributed by atoms with Crippen LogP contribution in [0.5, 0.6) is 0 Å². The summed E-state index contributed by atoms with van der Waals surface area (Å²) in [6.45, 7) is 1.73. The van der Waals surface area contributed by atoms with E-state index in [0.29, 0.717) is 15.2 Å². The number of aromatic nitrogens is 1. The largest absolute Gasteiger partial charge is 0.360 e. The minimum Gasteiger partial charge on any atom is -0.360 e. The Labute approximate surface area is 97.3 Å². The molecule has 1 aliphatic rings. The monoisotopic (exact) mass is 242 g/mol. The number of anilines is 1. The first-order chi connectivity index (χ1) is 7.29. The van der Waals surface area contributed by atoms with Gasteiger partial charge in [-0.2, -0.15) is 5.26 Å². The molecule has 2 rings (SSSR count). The maximum Gasteiger partial charge on any atom is 0.185 e. The first-order valence-electron chi connectivity index (χ1n) is 4.83. The Balaban J connectivity index is 1.74. The number of thiazole rings is 1. The zero-order valence-corrected chi connectivity index (χ0v) is 9.66. The van der Waals surface area contributed by atoms with Crippen LogP contribution in [-0.4, -0.2) is 24.1 Å².